The van der Waals surface area contributed by atoms with Crippen LogP contribution in [0, 0.1) is 11.3 Å². The van der Waals surface area contributed by atoms with Crippen molar-refractivity contribution < 1.29 is 5.11 Å². The Kier molecular flexibility index (Phi) is 4.60. The zero-order valence-corrected chi connectivity index (χ0v) is 10.6. The van der Waals surface area contributed by atoms with Gasteiger partial charge >= 0.3 is 0 Å². The highest BCUT2D eigenvalue weighted by molar-refractivity contribution is 5.47. The molecule has 1 aromatic carbocycles. The van der Waals surface area contributed by atoms with Crippen LogP contribution in [0.15, 0.2) is 30.3 Å². The van der Waals surface area contributed by atoms with E-state index >= 15 is 0 Å². The second kappa shape index (κ2) is 6.42. The lowest BCUT2D eigenvalue weighted by molar-refractivity contribution is 0.104. The summed E-state index contributed by atoms with van der Waals surface area (Å²) in [7, 11) is 0. The number of hydrogen-bond donors (Lipinski definition) is 1. The van der Waals surface area contributed by atoms with Gasteiger partial charge in [-0.2, -0.15) is 5.26 Å². The Hall–Kier alpha value is -1.53. The first-order valence-corrected chi connectivity index (χ1v) is 6.69. The molecular formula is C15H20N2O. The molecule has 0 amide bonds. The lowest BCUT2D eigenvalue weighted by Gasteiger charge is -2.39. The SMILES string of the molecule is N#CCCN(c1ccccc1)C1CCCCC1O. The molecule has 1 aliphatic rings. The molecule has 0 heterocycles. The van der Waals surface area contributed by atoms with Gasteiger partial charge in [-0.15, -0.1) is 0 Å². The van der Waals surface area contributed by atoms with Crippen molar-refractivity contribution in [2.75, 3.05) is 11.4 Å². The molecule has 0 radical (unpaired) electrons. The average Bonchev–Trinajstić information content (AvgIpc) is 2.42. The van der Waals surface area contributed by atoms with Crippen LogP contribution in [0.3, 0.4) is 0 Å². The normalized spacial score (nSPS) is 23.3. The number of rotatable bonds is 4. The van der Waals surface area contributed by atoms with Gasteiger partial charge in [-0.05, 0) is 25.0 Å². The van der Waals surface area contributed by atoms with Crippen molar-refractivity contribution >= 4 is 5.69 Å². The number of anilines is 1. The highest BCUT2D eigenvalue weighted by Gasteiger charge is 2.28. The van der Waals surface area contributed by atoms with Gasteiger partial charge in [0.2, 0.25) is 0 Å². The van der Waals surface area contributed by atoms with E-state index < -0.39 is 0 Å². The number of benzene rings is 1. The maximum atomic E-state index is 10.2. The minimum absolute atomic E-state index is 0.162. The van der Waals surface area contributed by atoms with Gasteiger partial charge < -0.3 is 10.0 Å². The number of aliphatic hydroxyl groups is 1. The highest BCUT2D eigenvalue weighted by Crippen LogP contribution is 2.27. The zero-order valence-electron chi connectivity index (χ0n) is 10.6. The van der Waals surface area contributed by atoms with Crippen LogP contribution in [-0.4, -0.2) is 23.8 Å². The van der Waals surface area contributed by atoms with E-state index in [9.17, 15) is 5.11 Å². The van der Waals surface area contributed by atoms with Crippen LogP contribution >= 0.6 is 0 Å². The molecule has 2 unspecified atom stereocenters. The van der Waals surface area contributed by atoms with Gasteiger partial charge in [-0.3, -0.25) is 0 Å². The van der Waals surface area contributed by atoms with Crippen molar-refractivity contribution in [1.82, 2.24) is 0 Å². The number of nitriles is 1. The fourth-order valence-corrected chi connectivity index (χ4v) is 2.73. The molecule has 1 fully saturated rings. The quantitative estimate of drug-likeness (QED) is 0.885. The van der Waals surface area contributed by atoms with E-state index in [1.165, 1.54) is 0 Å². The van der Waals surface area contributed by atoms with Gasteiger partial charge in [0.25, 0.3) is 0 Å². The zero-order chi connectivity index (χ0) is 12.8. The van der Waals surface area contributed by atoms with E-state index in [0.29, 0.717) is 13.0 Å². The lowest BCUT2D eigenvalue weighted by atomic mass is 9.91. The summed E-state index contributed by atoms with van der Waals surface area (Å²) in [6, 6.07) is 12.5. The summed E-state index contributed by atoms with van der Waals surface area (Å²) >= 11 is 0. The van der Waals surface area contributed by atoms with Crippen LogP contribution in [0.4, 0.5) is 5.69 Å². The predicted octanol–water partition coefficient (Wildman–Crippen LogP) is 2.71. The Morgan fingerprint density at radius 1 is 1.22 bits per heavy atom. The molecule has 96 valence electrons. The smallest absolute Gasteiger partial charge is 0.0743 e. The fraction of sp³-hybridized carbons (Fsp3) is 0.533. The Balaban J connectivity index is 2.16. The maximum Gasteiger partial charge on any atom is 0.0743 e. The third kappa shape index (κ3) is 3.02. The summed E-state index contributed by atoms with van der Waals surface area (Å²) in [5, 5.41) is 19.0. The van der Waals surface area contributed by atoms with Gasteiger partial charge in [0.15, 0.2) is 0 Å². The van der Waals surface area contributed by atoms with E-state index in [-0.39, 0.29) is 12.1 Å². The largest absolute Gasteiger partial charge is 0.391 e. The average molecular weight is 244 g/mol. The summed E-state index contributed by atoms with van der Waals surface area (Å²) in [6.45, 7) is 0.697. The molecule has 2 rings (SSSR count). The maximum absolute atomic E-state index is 10.2. The predicted molar refractivity (Wildman–Crippen MR) is 72.3 cm³/mol. The monoisotopic (exact) mass is 244 g/mol. The molecule has 1 aromatic rings. The second-order valence-corrected chi connectivity index (χ2v) is 4.86. The fourth-order valence-electron chi connectivity index (χ4n) is 2.73. The third-order valence-corrected chi connectivity index (χ3v) is 3.65. The van der Waals surface area contributed by atoms with Crippen LogP contribution in [0.2, 0.25) is 0 Å². The van der Waals surface area contributed by atoms with E-state index in [0.717, 1.165) is 31.4 Å². The van der Waals surface area contributed by atoms with Gasteiger partial charge in [-0.1, -0.05) is 31.0 Å². The van der Waals surface area contributed by atoms with Gasteiger partial charge in [0, 0.05) is 12.2 Å². The first-order valence-electron chi connectivity index (χ1n) is 6.69. The van der Waals surface area contributed by atoms with Crippen molar-refractivity contribution in [3.05, 3.63) is 30.3 Å². The minimum atomic E-state index is -0.266. The standard InChI is InChI=1S/C15H20N2O/c16-11-6-12-17(13-7-2-1-3-8-13)14-9-4-5-10-15(14)18/h1-3,7-8,14-15,18H,4-6,9-10,12H2. The summed E-state index contributed by atoms with van der Waals surface area (Å²) in [6.07, 6.45) is 4.40. The highest BCUT2D eigenvalue weighted by atomic mass is 16.3. The topological polar surface area (TPSA) is 47.3 Å². The molecule has 0 aliphatic heterocycles. The van der Waals surface area contributed by atoms with E-state index in [2.05, 4.69) is 23.1 Å². The summed E-state index contributed by atoms with van der Waals surface area (Å²) in [5.41, 5.74) is 1.11. The molecule has 3 nitrogen and oxygen atoms in total. The molecule has 1 saturated carbocycles. The number of para-hydroxylation sites is 1. The van der Waals surface area contributed by atoms with Crippen LogP contribution in [0.25, 0.3) is 0 Å². The molecule has 0 aromatic heterocycles. The van der Waals surface area contributed by atoms with Crippen molar-refractivity contribution in [2.24, 2.45) is 0 Å². The van der Waals surface area contributed by atoms with Gasteiger partial charge in [0.1, 0.15) is 0 Å². The Morgan fingerprint density at radius 2 is 1.94 bits per heavy atom. The molecule has 18 heavy (non-hydrogen) atoms. The van der Waals surface area contributed by atoms with Gasteiger partial charge in [-0.25, -0.2) is 0 Å². The first-order chi connectivity index (χ1) is 8.83. The van der Waals surface area contributed by atoms with E-state index in [1.807, 2.05) is 18.2 Å². The summed E-state index contributed by atoms with van der Waals surface area (Å²) in [5.74, 6) is 0. The Bertz CT molecular complexity index is 399. The minimum Gasteiger partial charge on any atom is -0.391 e. The van der Waals surface area contributed by atoms with Crippen LogP contribution in [-0.2, 0) is 0 Å². The van der Waals surface area contributed by atoms with E-state index in [1.54, 1.807) is 0 Å². The summed E-state index contributed by atoms with van der Waals surface area (Å²) < 4.78 is 0. The van der Waals surface area contributed by atoms with Crippen molar-refractivity contribution in [1.29, 1.82) is 5.26 Å². The number of nitrogens with zero attached hydrogens (tertiary/aromatic N) is 2. The molecule has 1 N–H and O–H groups in total. The van der Waals surface area contributed by atoms with Crippen LogP contribution in [0.1, 0.15) is 32.1 Å². The number of aliphatic hydroxyl groups excluding tert-OH is 1. The van der Waals surface area contributed by atoms with Crippen molar-refractivity contribution in [2.45, 2.75) is 44.2 Å². The molecule has 0 bridgehead atoms. The molecule has 0 saturated heterocycles. The van der Waals surface area contributed by atoms with Gasteiger partial charge in [0.05, 0.1) is 24.6 Å². The summed E-state index contributed by atoms with van der Waals surface area (Å²) in [4.78, 5) is 2.20. The Labute approximate surface area is 109 Å². The molecule has 1 aliphatic carbocycles. The first kappa shape index (κ1) is 12.9. The molecule has 3 heteroatoms. The lowest BCUT2D eigenvalue weighted by Crippen LogP contribution is -2.46. The van der Waals surface area contributed by atoms with Crippen LogP contribution in [0.5, 0.6) is 0 Å². The number of hydrogen-bond acceptors (Lipinski definition) is 3. The molecule has 2 atom stereocenters. The Morgan fingerprint density at radius 3 is 2.61 bits per heavy atom. The van der Waals surface area contributed by atoms with Crippen molar-refractivity contribution in [3.63, 3.8) is 0 Å². The van der Waals surface area contributed by atoms with Crippen LogP contribution < -0.4 is 4.90 Å². The second-order valence-electron chi connectivity index (χ2n) is 4.86. The molecule has 0 spiro atoms. The molecular weight excluding hydrogens is 224 g/mol. The van der Waals surface area contributed by atoms with E-state index in [4.69, 9.17) is 5.26 Å². The van der Waals surface area contributed by atoms with Crippen molar-refractivity contribution in [3.8, 4) is 6.07 Å². The third-order valence-electron chi connectivity index (χ3n) is 3.65.